The van der Waals surface area contributed by atoms with Gasteiger partial charge in [0.2, 0.25) is 5.91 Å². The topological polar surface area (TPSA) is 41.6 Å². The fraction of sp³-hybridized carbons (Fsp3) is 0.560. The number of fused-ring (bicyclic) bond motifs is 1. The minimum absolute atomic E-state index is 0.00735. The van der Waals surface area contributed by atoms with Crippen molar-refractivity contribution in [1.29, 1.82) is 0 Å². The summed E-state index contributed by atoms with van der Waals surface area (Å²) in [5, 5.41) is 3.81. The summed E-state index contributed by atoms with van der Waals surface area (Å²) < 4.78 is 6.30. The summed E-state index contributed by atoms with van der Waals surface area (Å²) in [5.74, 6) is 0.0617. The van der Waals surface area contributed by atoms with Crippen molar-refractivity contribution in [3.63, 3.8) is 0 Å². The fourth-order valence-electron chi connectivity index (χ4n) is 4.98. The molecule has 3 aliphatic rings. The Hall–Kier alpha value is -1.62. The monoisotopic (exact) mass is 428 g/mol. The summed E-state index contributed by atoms with van der Waals surface area (Å²) in [6, 6.07) is 7.54. The first-order valence-electron chi connectivity index (χ1n) is 11.2. The van der Waals surface area contributed by atoms with Gasteiger partial charge in [-0.3, -0.25) is 4.79 Å². The summed E-state index contributed by atoms with van der Waals surface area (Å²) in [6.07, 6.45) is 10.0. The predicted molar refractivity (Wildman–Crippen MR) is 122 cm³/mol. The Kier molecular flexibility index (Phi) is 6.38. The van der Waals surface area contributed by atoms with Crippen LogP contribution in [0.15, 0.2) is 47.6 Å². The maximum absolute atomic E-state index is 12.7. The summed E-state index contributed by atoms with van der Waals surface area (Å²) in [5.41, 5.74) is 3.42. The van der Waals surface area contributed by atoms with Crippen molar-refractivity contribution >= 4 is 17.5 Å². The van der Waals surface area contributed by atoms with Gasteiger partial charge in [0.05, 0.1) is 17.6 Å². The molecule has 0 radical (unpaired) electrons. The van der Waals surface area contributed by atoms with E-state index >= 15 is 0 Å². The molecule has 1 N–H and O–H groups in total. The number of halogens is 1. The lowest BCUT2D eigenvalue weighted by atomic mass is 9.79. The van der Waals surface area contributed by atoms with E-state index in [9.17, 15) is 4.79 Å². The van der Waals surface area contributed by atoms with Gasteiger partial charge in [0.25, 0.3) is 0 Å². The molecule has 0 atom stereocenters. The van der Waals surface area contributed by atoms with Crippen LogP contribution in [0.5, 0.6) is 0 Å². The number of nitrogens with one attached hydrogen (secondary N) is 1. The number of allylic oxidation sites excluding steroid dienone is 1. The summed E-state index contributed by atoms with van der Waals surface area (Å²) in [4.78, 5) is 15.2. The van der Waals surface area contributed by atoms with Gasteiger partial charge in [0.15, 0.2) is 0 Å². The first kappa shape index (κ1) is 21.6. The van der Waals surface area contributed by atoms with Crippen molar-refractivity contribution in [3.05, 3.63) is 58.1 Å². The zero-order valence-corrected chi connectivity index (χ0v) is 18.9. The SMILES string of the molecule is CC(C)(C(=O)NCCCN1CCC2(CC1)OCC1=C2CCC=C1)c1ccc(Cl)cc1. The van der Waals surface area contributed by atoms with Gasteiger partial charge in [-0.25, -0.2) is 0 Å². The third kappa shape index (κ3) is 4.37. The third-order valence-electron chi connectivity index (χ3n) is 7.06. The Balaban J connectivity index is 1.21. The standard InChI is InChI=1S/C25H33ClN2O2/c1-24(2,20-8-10-21(26)11-9-20)23(29)27-14-5-15-28-16-12-25(13-17-28)22-7-4-3-6-19(22)18-30-25/h3,6,8-11H,4-5,7,12-18H2,1-2H3,(H,27,29). The van der Waals surface area contributed by atoms with Crippen molar-refractivity contribution in [3.8, 4) is 0 Å². The second kappa shape index (κ2) is 8.86. The van der Waals surface area contributed by atoms with Crippen molar-refractivity contribution in [1.82, 2.24) is 10.2 Å². The second-order valence-corrected chi connectivity index (χ2v) is 9.75. The van der Waals surface area contributed by atoms with E-state index in [0.29, 0.717) is 11.6 Å². The molecule has 1 amide bonds. The number of rotatable bonds is 6. The predicted octanol–water partition coefficient (Wildman–Crippen LogP) is 4.64. The highest BCUT2D eigenvalue weighted by molar-refractivity contribution is 6.30. The maximum atomic E-state index is 12.7. The Morgan fingerprint density at radius 2 is 1.97 bits per heavy atom. The van der Waals surface area contributed by atoms with E-state index in [1.165, 1.54) is 12.0 Å². The molecule has 162 valence electrons. The van der Waals surface area contributed by atoms with E-state index in [1.54, 1.807) is 5.57 Å². The van der Waals surface area contributed by atoms with E-state index in [1.807, 2.05) is 38.1 Å². The smallest absolute Gasteiger partial charge is 0.230 e. The Bertz CT molecular complexity index is 833. The quantitative estimate of drug-likeness (QED) is 0.671. The molecule has 1 fully saturated rings. The number of amides is 1. The number of carbonyl (C=O) groups is 1. The van der Waals surface area contributed by atoms with Crippen molar-refractivity contribution < 1.29 is 9.53 Å². The van der Waals surface area contributed by atoms with Crippen LogP contribution in [0.3, 0.4) is 0 Å². The molecule has 0 unspecified atom stereocenters. The van der Waals surface area contributed by atoms with Crippen molar-refractivity contribution in [2.75, 3.05) is 32.8 Å². The molecule has 0 bridgehead atoms. The Morgan fingerprint density at radius 3 is 2.70 bits per heavy atom. The van der Waals surface area contributed by atoms with E-state index in [2.05, 4.69) is 22.4 Å². The first-order chi connectivity index (χ1) is 14.4. The van der Waals surface area contributed by atoms with Crippen molar-refractivity contribution in [2.45, 2.75) is 57.0 Å². The van der Waals surface area contributed by atoms with E-state index in [-0.39, 0.29) is 11.5 Å². The summed E-state index contributed by atoms with van der Waals surface area (Å²) >= 11 is 5.97. The van der Waals surface area contributed by atoms with Gasteiger partial charge in [-0.1, -0.05) is 35.9 Å². The Morgan fingerprint density at radius 1 is 1.23 bits per heavy atom. The fourth-order valence-corrected chi connectivity index (χ4v) is 5.11. The molecule has 1 aliphatic carbocycles. The molecule has 2 heterocycles. The first-order valence-corrected chi connectivity index (χ1v) is 11.6. The minimum atomic E-state index is -0.568. The number of likely N-dealkylation sites (tertiary alicyclic amines) is 1. The van der Waals surface area contributed by atoms with Crippen LogP contribution >= 0.6 is 11.6 Å². The normalized spacial score (nSPS) is 21.2. The Labute approximate surface area is 185 Å². The van der Waals surface area contributed by atoms with Gasteiger partial charge in [-0.15, -0.1) is 0 Å². The number of piperidine rings is 1. The number of hydrogen-bond acceptors (Lipinski definition) is 3. The van der Waals surface area contributed by atoms with Crippen LogP contribution in [0.25, 0.3) is 0 Å². The van der Waals surface area contributed by atoms with Gasteiger partial charge in [0, 0.05) is 24.7 Å². The van der Waals surface area contributed by atoms with Crippen LogP contribution in [0, 0.1) is 0 Å². The molecular formula is C25H33ClN2O2. The molecule has 30 heavy (non-hydrogen) atoms. The van der Waals surface area contributed by atoms with Gasteiger partial charge in [0.1, 0.15) is 0 Å². The molecular weight excluding hydrogens is 396 g/mol. The molecule has 1 aromatic carbocycles. The molecule has 1 spiro atoms. The molecule has 0 aromatic heterocycles. The average Bonchev–Trinajstić information content (AvgIpc) is 3.11. The minimum Gasteiger partial charge on any atom is -0.366 e. The third-order valence-corrected chi connectivity index (χ3v) is 7.31. The van der Waals surface area contributed by atoms with Gasteiger partial charge in [-0.2, -0.15) is 0 Å². The number of nitrogens with zero attached hydrogens (tertiary/aromatic N) is 1. The van der Waals surface area contributed by atoms with E-state index < -0.39 is 5.41 Å². The highest BCUT2D eigenvalue weighted by Gasteiger charge is 2.43. The summed E-state index contributed by atoms with van der Waals surface area (Å²) in [7, 11) is 0. The largest absolute Gasteiger partial charge is 0.366 e. The molecule has 4 rings (SSSR count). The molecule has 0 saturated carbocycles. The highest BCUT2D eigenvalue weighted by Crippen LogP contribution is 2.44. The van der Waals surface area contributed by atoms with Crippen LogP contribution in [-0.4, -0.2) is 49.2 Å². The lowest BCUT2D eigenvalue weighted by molar-refractivity contribution is -0.125. The van der Waals surface area contributed by atoms with Gasteiger partial charge >= 0.3 is 0 Å². The molecule has 1 aromatic rings. The van der Waals surface area contributed by atoms with Crippen LogP contribution in [0.1, 0.15) is 51.5 Å². The lowest BCUT2D eigenvalue weighted by Gasteiger charge is -2.41. The van der Waals surface area contributed by atoms with Gasteiger partial charge in [-0.05, 0) is 81.3 Å². The average molecular weight is 429 g/mol. The van der Waals surface area contributed by atoms with Gasteiger partial charge < -0.3 is 15.0 Å². The number of hydrogen-bond donors (Lipinski definition) is 1. The number of benzene rings is 1. The van der Waals surface area contributed by atoms with Crippen LogP contribution in [0.4, 0.5) is 0 Å². The number of carbonyl (C=O) groups excluding carboxylic acids is 1. The second-order valence-electron chi connectivity index (χ2n) is 9.31. The van der Waals surface area contributed by atoms with Crippen LogP contribution in [0.2, 0.25) is 5.02 Å². The van der Waals surface area contributed by atoms with Crippen LogP contribution < -0.4 is 5.32 Å². The van der Waals surface area contributed by atoms with E-state index in [0.717, 1.165) is 57.5 Å². The van der Waals surface area contributed by atoms with Crippen molar-refractivity contribution in [2.24, 2.45) is 0 Å². The summed E-state index contributed by atoms with van der Waals surface area (Å²) in [6.45, 7) is 8.58. The van der Waals surface area contributed by atoms with E-state index in [4.69, 9.17) is 16.3 Å². The maximum Gasteiger partial charge on any atom is 0.230 e. The molecule has 5 heteroatoms. The molecule has 1 saturated heterocycles. The molecule has 4 nitrogen and oxygen atoms in total. The lowest BCUT2D eigenvalue weighted by Crippen LogP contribution is -2.46. The van der Waals surface area contributed by atoms with Crippen LogP contribution in [-0.2, 0) is 14.9 Å². The highest BCUT2D eigenvalue weighted by atomic mass is 35.5. The molecule has 2 aliphatic heterocycles. The number of ether oxygens (including phenoxy) is 1. The zero-order valence-electron chi connectivity index (χ0n) is 18.2. The zero-order chi connectivity index (χ0) is 21.2.